The summed E-state index contributed by atoms with van der Waals surface area (Å²) < 4.78 is 48.3. The number of nitrogens with zero attached hydrogens (tertiary/aromatic N) is 2. The zero-order chi connectivity index (χ0) is 25.3. The fraction of sp³-hybridized carbons (Fsp3) is 0.500. The molecule has 1 amide bonds. The van der Waals surface area contributed by atoms with E-state index in [0.717, 1.165) is 24.8 Å². The summed E-state index contributed by atoms with van der Waals surface area (Å²) >= 11 is 0. The number of hydrogen-bond donors (Lipinski definition) is 1. The Balaban J connectivity index is 1.74. The quantitative estimate of drug-likeness (QED) is 0.651. The summed E-state index contributed by atoms with van der Waals surface area (Å²) in [6.45, 7) is 3.71. The van der Waals surface area contributed by atoms with Crippen LogP contribution in [0.4, 0.5) is 4.39 Å². The molecule has 2 aromatic carbocycles. The van der Waals surface area contributed by atoms with Crippen LogP contribution in [-0.4, -0.2) is 67.5 Å². The van der Waals surface area contributed by atoms with Gasteiger partial charge in [0.15, 0.2) is 0 Å². The Bertz CT molecular complexity index is 1170. The molecule has 35 heavy (non-hydrogen) atoms. The minimum absolute atomic E-state index is 0.00790. The van der Waals surface area contributed by atoms with Crippen molar-refractivity contribution in [3.8, 4) is 16.9 Å². The molecule has 190 valence electrons. The molecule has 0 spiro atoms. The topological polar surface area (TPSA) is 87.2 Å². The van der Waals surface area contributed by atoms with Crippen molar-refractivity contribution in [3.63, 3.8) is 0 Å². The molecule has 0 aromatic heterocycles. The van der Waals surface area contributed by atoms with E-state index in [-0.39, 0.29) is 47.4 Å². The second kappa shape index (κ2) is 10.2. The Morgan fingerprint density at radius 2 is 1.86 bits per heavy atom. The van der Waals surface area contributed by atoms with E-state index in [4.69, 9.17) is 4.74 Å². The molecule has 0 radical (unpaired) electrons. The number of carbonyl (C=O) groups excluding carboxylic acids is 1. The first kappa shape index (κ1) is 25.6. The largest absolute Gasteiger partial charge is 0.487 e. The molecule has 1 saturated carbocycles. The van der Waals surface area contributed by atoms with Gasteiger partial charge in [-0.1, -0.05) is 31.5 Å². The Morgan fingerprint density at radius 3 is 2.46 bits per heavy atom. The van der Waals surface area contributed by atoms with Gasteiger partial charge in [0, 0.05) is 31.5 Å². The van der Waals surface area contributed by atoms with Crippen molar-refractivity contribution < 1.29 is 27.4 Å². The van der Waals surface area contributed by atoms with Gasteiger partial charge in [-0.25, -0.2) is 12.8 Å². The third-order valence-corrected chi connectivity index (χ3v) is 9.15. The molecule has 4 rings (SSSR count). The van der Waals surface area contributed by atoms with Crippen molar-refractivity contribution in [3.05, 3.63) is 48.3 Å². The van der Waals surface area contributed by atoms with E-state index < -0.39 is 22.2 Å². The molecule has 0 bridgehead atoms. The second-order valence-electron chi connectivity index (χ2n) is 9.75. The van der Waals surface area contributed by atoms with Crippen molar-refractivity contribution in [2.24, 2.45) is 11.8 Å². The number of halogens is 1. The monoisotopic (exact) mass is 504 g/mol. The van der Waals surface area contributed by atoms with Crippen LogP contribution < -0.4 is 4.74 Å². The number of sulfonamides is 1. The smallest absolute Gasteiger partial charge is 0.247 e. The van der Waals surface area contributed by atoms with E-state index >= 15 is 0 Å². The molecular weight excluding hydrogens is 471 g/mol. The maximum absolute atomic E-state index is 13.6. The fourth-order valence-electron chi connectivity index (χ4n) is 4.59. The van der Waals surface area contributed by atoms with E-state index in [1.54, 1.807) is 43.1 Å². The lowest BCUT2D eigenvalue weighted by atomic mass is 9.84. The van der Waals surface area contributed by atoms with Crippen LogP contribution in [0, 0.1) is 17.7 Å². The van der Waals surface area contributed by atoms with Gasteiger partial charge in [0.25, 0.3) is 0 Å². The third kappa shape index (κ3) is 5.22. The maximum Gasteiger partial charge on any atom is 0.247 e. The van der Waals surface area contributed by atoms with Crippen LogP contribution in [-0.2, 0) is 14.8 Å². The fourth-order valence-corrected chi connectivity index (χ4v) is 6.42. The number of aliphatic hydroxyl groups is 1. The lowest BCUT2D eigenvalue weighted by molar-refractivity contribution is -0.138. The van der Waals surface area contributed by atoms with Gasteiger partial charge in [-0.3, -0.25) is 4.79 Å². The number of carbonyl (C=O) groups is 1. The number of hydrogen-bond acceptors (Lipinski definition) is 5. The standard InChI is InChI=1S/C26H33FN2O5S/c1-17-14-29(18(2)16-30)35(32,33)25-12-9-21(19-7-10-22(27)11-8-19)13-23(25)34-24(17)15-28(3)26(31)20-5-4-6-20/h7-13,17-18,20,24,30H,4-6,14-16H2,1-3H3/t17-,18+,24+/m0/s1. The second-order valence-corrected chi connectivity index (χ2v) is 11.6. The van der Waals surface area contributed by atoms with Crippen LogP contribution in [0.2, 0.25) is 0 Å². The molecule has 0 unspecified atom stereocenters. The lowest BCUT2D eigenvalue weighted by Crippen LogP contribution is -2.50. The highest BCUT2D eigenvalue weighted by atomic mass is 32.2. The van der Waals surface area contributed by atoms with Gasteiger partial charge >= 0.3 is 0 Å². The normalized spacial score (nSPS) is 23.2. The first-order valence-corrected chi connectivity index (χ1v) is 13.5. The summed E-state index contributed by atoms with van der Waals surface area (Å²) in [6, 6.07) is 10.1. The number of ether oxygens (including phenoxy) is 1. The predicted octanol–water partition coefficient (Wildman–Crippen LogP) is 3.52. The molecule has 2 aliphatic rings. The summed E-state index contributed by atoms with van der Waals surface area (Å²) in [6.07, 6.45) is 2.39. The first-order chi connectivity index (χ1) is 16.6. The molecule has 1 aliphatic heterocycles. The molecule has 1 N–H and O–H groups in total. The van der Waals surface area contributed by atoms with E-state index in [2.05, 4.69) is 0 Å². The van der Waals surface area contributed by atoms with E-state index in [9.17, 15) is 22.7 Å². The number of rotatable bonds is 6. The van der Waals surface area contributed by atoms with Crippen LogP contribution in [0.1, 0.15) is 33.1 Å². The molecular formula is C26H33FN2O5S. The minimum atomic E-state index is -3.96. The van der Waals surface area contributed by atoms with Crippen LogP contribution in [0.25, 0.3) is 11.1 Å². The SMILES string of the molecule is C[C@H](CO)N1C[C@H](C)[C@@H](CN(C)C(=O)C2CCC2)Oc2cc(-c3ccc(F)cc3)ccc2S1(=O)=O. The Kier molecular flexibility index (Phi) is 7.49. The molecule has 0 saturated heterocycles. The van der Waals surface area contributed by atoms with Crippen LogP contribution in [0.5, 0.6) is 5.75 Å². The number of benzene rings is 2. The average Bonchev–Trinajstić information content (AvgIpc) is 2.79. The molecule has 1 fully saturated rings. The third-order valence-electron chi connectivity index (χ3n) is 7.13. The highest BCUT2D eigenvalue weighted by molar-refractivity contribution is 7.89. The molecule has 1 aliphatic carbocycles. The zero-order valence-corrected chi connectivity index (χ0v) is 21.2. The predicted molar refractivity (Wildman–Crippen MR) is 131 cm³/mol. The lowest BCUT2D eigenvalue weighted by Gasteiger charge is -2.38. The summed E-state index contributed by atoms with van der Waals surface area (Å²) in [5, 5.41) is 9.79. The minimum Gasteiger partial charge on any atom is -0.487 e. The van der Waals surface area contributed by atoms with Crippen molar-refractivity contribution in [2.45, 2.75) is 50.2 Å². The van der Waals surface area contributed by atoms with Crippen molar-refractivity contribution in [1.82, 2.24) is 9.21 Å². The average molecular weight is 505 g/mol. The van der Waals surface area contributed by atoms with Gasteiger partial charge in [-0.05, 0) is 55.2 Å². The number of fused-ring (bicyclic) bond motifs is 1. The van der Waals surface area contributed by atoms with Gasteiger partial charge in [-0.2, -0.15) is 4.31 Å². The number of amides is 1. The van der Waals surface area contributed by atoms with E-state index in [1.165, 1.54) is 22.5 Å². The van der Waals surface area contributed by atoms with Crippen molar-refractivity contribution >= 4 is 15.9 Å². The zero-order valence-electron chi connectivity index (χ0n) is 20.4. The molecule has 1 heterocycles. The number of likely N-dealkylation sites (N-methyl/N-ethyl adjacent to an activating group) is 1. The Hall–Kier alpha value is -2.49. The van der Waals surface area contributed by atoms with Gasteiger partial charge in [0.05, 0.1) is 13.2 Å². The van der Waals surface area contributed by atoms with E-state index in [1.807, 2.05) is 6.92 Å². The van der Waals surface area contributed by atoms with Gasteiger partial charge < -0.3 is 14.7 Å². The number of aliphatic hydroxyl groups excluding tert-OH is 1. The molecule has 2 aromatic rings. The van der Waals surface area contributed by atoms with Crippen LogP contribution >= 0.6 is 0 Å². The highest BCUT2D eigenvalue weighted by Gasteiger charge is 2.39. The highest BCUT2D eigenvalue weighted by Crippen LogP contribution is 2.37. The van der Waals surface area contributed by atoms with Gasteiger partial charge in [0.1, 0.15) is 22.6 Å². The molecule has 7 nitrogen and oxygen atoms in total. The van der Waals surface area contributed by atoms with Crippen molar-refractivity contribution in [1.29, 1.82) is 0 Å². The Morgan fingerprint density at radius 1 is 1.20 bits per heavy atom. The summed E-state index contributed by atoms with van der Waals surface area (Å²) in [7, 11) is -2.20. The van der Waals surface area contributed by atoms with Gasteiger partial charge in [0.2, 0.25) is 15.9 Å². The van der Waals surface area contributed by atoms with Gasteiger partial charge in [-0.15, -0.1) is 0 Å². The summed E-state index contributed by atoms with van der Waals surface area (Å²) in [4.78, 5) is 14.5. The summed E-state index contributed by atoms with van der Waals surface area (Å²) in [5.41, 5.74) is 1.41. The Labute approximate surface area is 206 Å². The van der Waals surface area contributed by atoms with Crippen LogP contribution in [0.3, 0.4) is 0 Å². The van der Waals surface area contributed by atoms with Crippen molar-refractivity contribution in [2.75, 3.05) is 26.7 Å². The molecule has 9 heteroatoms. The van der Waals surface area contributed by atoms with Crippen LogP contribution in [0.15, 0.2) is 47.4 Å². The first-order valence-electron chi connectivity index (χ1n) is 12.1. The van der Waals surface area contributed by atoms with E-state index in [0.29, 0.717) is 12.1 Å². The maximum atomic E-state index is 13.6. The summed E-state index contributed by atoms with van der Waals surface area (Å²) in [5.74, 6) is -0.295. The molecule has 3 atom stereocenters.